The van der Waals surface area contributed by atoms with E-state index in [-0.39, 0.29) is 24.0 Å². The lowest BCUT2D eigenvalue weighted by Crippen LogP contribution is -2.36. The summed E-state index contributed by atoms with van der Waals surface area (Å²) in [5, 5.41) is 9.28. The summed E-state index contributed by atoms with van der Waals surface area (Å²) >= 11 is 5.97. The van der Waals surface area contributed by atoms with Crippen LogP contribution in [0.5, 0.6) is 0 Å². The highest BCUT2D eigenvalue weighted by molar-refractivity contribution is 8.00. The zero-order valence-corrected chi connectivity index (χ0v) is 25.3. The maximum Gasteiger partial charge on any atom is 0.315 e. The summed E-state index contributed by atoms with van der Waals surface area (Å²) in [5.74, 6) is 1.73. The molecule has 2 aliphatic rings. The van der Waals surface area contributed by atoms with E-state index in [1.54, 1.807) is 0 Å². The molecule has 0 aromatic heterocycles. The van der Waals surface area contributed by atoms with Crippen LogP contribution in [0.3, 0.4) is 0 Å². The van der Waals surface area contributed by atoms with Gasteiger partial charge in [0.1, 0.15) is 0 Å². The number of rotatable bonds is 28. The molecule has 12 nitrogen and oxygen atoms in total. The zero-order chi connectivity index (χ0) is 28.5. The van der Waals surface area contributed by atoms with Gasteiger partial charge >= 0.3 is 6.03 Å². The quantitative estimate of drug-likeness (QED) is 0.0574. The Kier molecular flexibility index (Phi) is 21.9. The Bertz CT molecular complexity index is 655. The largest absolute Gasteiger partial charge is 0.378 e. The van der Waals surface area contributed by atoms with Gasteiger partial charge in [0.15, 0.2) is 0 Å². The Morgan fingerprint density at radius 1 is 0.750 bits per heavy atom. The van der Waals surface area contributed by atoms with Crippen LogP contribution in [0.1, 0.15) is 25.7 Å². The highest BCUT2D eigenvalue weighted by atomic mass is 32.2. The molecule has 3 N–H and O–H groups in total. The van der Waals surface area contributed by atoms with Crippen molar-refractivity contribution in [1.82, 2.24) is 16.0 Å². The smallest absolute Gasteiger partial charge is 0.315 e. The van der Waals surface area contributed by atoms with E-state index in [0.717, 1.165) is 25.0 Å². The topological polar surface area (TPSA) is 135 Å². The maximum atomic E-state index is 12.0. The number of hydrogen-bond donors (Lipinski definition) is 4. The molecule has 0 aromatic rings. The normalized spacial score (nSPS) is 19.9. The number of carbonyl (C=O) groups is 2. The second-order valence-corrected chi connectivity index (χ2v) is 10.9. The highest BCUT2D eigenvalue weighted by Gasteiger charge is 2.42. The van der Waals surface area contributed by atoms with Crippen molar-refractivity contribution >= 4 is 36.3 Å². The summed E-state index contributed by atoms with van der Waals surface area (Å²) in [6, 6.07) is 0.425. The first-order chi connectivity index (χ1) is 19.7. The van der Waals surface area contributed by atoms with Gasteiger partial charge in [-0.05, 0) is 12.8 Å². The van der Waals surface area contributed by atoms with Crippen LogP contribution in [0, 0.1) is 0 Å². The van der Waals surface area contributed by atoms with Crippen molar-refractivity contribution in [2.45, 2.75) is 43.0 Å². The van der Waals surface area contributed by atoms with Gasteiger partial charge in [-0.3, -0.25) is 4.79 Å². The van der Waals surface area contributed by atoms with E-state index < -0.39 is 0 Å². The Hall–Kier alpha value is -0.840. The average molecular weight is 612 g/mol. The predicted molar refractivity (Wildman–Crippen MR) is 157 cm³/mol. The molecule has 0 spiro atoms. The van der Waals surface area contributed by atoms with Crippen molar-refractivity contribution in [3.05, 3.63) is 0 Å². The number of nitrogens with one attached hydrogen (secondary N) is 3. The molecule has 40 heavy (non-hydrogen) atoms. The minimum atomic E-state index is -0.0567. The van der Waals surface area contributed by atoms with E-state index in [1.165, 1.54) is 0 Å². The molecule has 3 atom stereocenters. The second kappa shape index (κ2) is 24.7. The van der Waals surface area contributed by atoms with Crippen LogP contribution in [-0.4, -0.2) is 140 Å². The van der Waals surface area contributed by atoms with Crippen LogP contribution in [0.4, 0.5) is 4.79 Å². The first-order valence-electron chi connectivity index (χ1n) is 14.3. The van der Waals surface area contributed by atoms with E-state index in [2.05, 4.69) is 28.6 Å². The fraction of sp³-hybridized carbons (Fsp3) is 0.923. The number of fused-ring (bicyclic) bond motifs is 1. The highest BCUT2D eigenvalue weighted by Crippen LogP contribution is 2.33. The summed E-state index contributed by atoms with van der Waals surface area (Å²) < 4.78 is 37.9. The van der Waals surface area contributed by atoms with Crippen molar-refractivity contribution in [2.75, 3.05) is 111 Å². The van der Waals surface area contributed by atoms with Gasteiger partial charge in [-0.2, -0.15) is 24.4 Å². The first-order valence-corrected chi connectivity index (χ1v) is 16.0. The second-order valence-electron chi connectivity index (χ2n) is 9.23. The molecule has 0 aliphatic carbocycles. The molecule has 2 rings (SSSR count). The lowest BCUT2D eigenvalue weighted by molar-refractivity contribution is -0.121. The minimum absolute atomic E-state index is 0.0494. The van der Waals surface area contributed by atoms with Crippen molar-refractivity contribution in [3.8, 4) is 0 Å². The summed E-state index contributed by atoms with van der Waals surface area (Å²) in [6.07, 6.45) is 3.37. The number of hydrogen-bond acceptors (Lipinski definition) is 11. The van der Waals surface area contributed by atoms with Crippen LogP contribution in [0.2, 0.25) is 0 Å². The summed E-state index contributed by atoms with van der Waals surface area (Å²) in [4.78, 5) is 23.4. The third-order valence-electron chi connectivity index (χ3n) is 6.12. The summed E-state index contributed by atoms with van der Waals surface area (Å²) in [7, 11) is 0. The number of thiol groups is 1. The molecule has 0 aromatic carbocycles. The van der Waals surface area contributed by atoms with Gasteiger partial charge in [0.25, 0.3) is 0 Å². The molecule has 234 valence electrons. The number of ether oxygens (including phenoxy) is 7. The molecule has 0 bridgehead atoms. The van der Waals surface area contributed by atoms with Crippen LogP contribution in [0.25, 0.3) is 0 Å². The van der Waals surface area contributed by atoms with Crippen molar-refractivity contribution in [3.63, 3.8) is 0 Å². The van der Waals surface area contributed by atoms with Gasteiger partial charge in [-0.15, -0.1) is 0 Å². The fourth-order valence-electron chi connectivity index (χ4n) is 4.11. The molecule has 3 amide bonds. The average Bonchev–Trinajstić information content (AvgIpc) is 3.50. The monoisotopic (exact) mass is 611 g/mol. The fourth-order valence-corrected chi connectivity index (χ4v) is 5.78. The van der Waals surface area contributed by atoms with Gasteiger partial charge in [-0.1, -0.05) is 6.42 Å². The van der Waals surface area contributed by atoms with E-state index >= 15 is 0 Å². The van der Waals surface area contributed by atoms with Crippen molar-refractivity contribution in [2.24, 2.45) is 0 Å². The van der Waals surface area contributed by atoms with Crippen LogP contribution in [-0.2, 0) is 38.0 Å². The van der Waals surface area contributed by atoms with Gasteiger partial charge in [0.2, 0.25) is 5.91 Å². The number of amides is 3. The summed E-state index contributed by atoms with van der Waals surface area (Å²) in [6.45, 7) is 7.80. The first kappa shape index (κ1) is 35.4. The third-order valence-corrected chi connectivity index (χ3v) is 7.81. The Labute approximate surface area is 248 Å². The van der Waals surface area contributed by atoms with E-state index in [9.17, 15) is 9.59 Å². The maximum absolute atomic E-state index is 12.0. The minimum Gasteiger partial charge on any atom is -0.378 e. The molecule has 2 fully saturated rings. The van der Waals surface area contributed by atoms with Crippen LogP contribution in [0.15, 0.2) is 0 Å². The molecule has 3 unspecified atom stereocenters. The predicted octanol–water partition coefficient (Wildman–Crippen LogP) is 0.874. The molecule has 0 radical (unpaired) electrons. The van der Waals surface area contributed by atoms with Crippen LogP contribution < -0.4 is 16.0 Å². The molecule has 0 saturated carbocycles. The van der Waals surface area contributed by atoms with Crippen molar-refractivity contribution in [1.29, 1.82) is 0 Å². The Morgan fingerprint density at radius 2 is 1.25 bits per heavy atom. The zero-order valence-electron chi connectivity index (χ0n) is 23.6. The number of urea groups is 1. The van der Waals surface area contributed by atoms with E-state index in [1.807, 2.05) is 11.8 Å². The van der Waals surface area contributed by atoms with Gasteiger partial charge in [0, 0.05) is 29.7 Å². The lowest BCUT2D eigenvalue weighted by Gasteiger charge is -2.16. The Morgan fingerprint density at radius 3 is 1.77 bits per heavy atom. The van der Waals surface area contributed by atoms with E-state index in [0.29, 0.717) is 116 Å². The van der Waals surface area contributed by atoms with Gasteiger partial charge < -0.3 is 49.1 Å². The molecule has 2 aliphatic heterocycles. The third kappa shape index (κ3) is 17.9. The molecule has 2 saturated heterocycles. The molecule has 2 heterocycles. The lowest BCUT2D eigenvalue weighted by atomic mass is 10.0. The number of thioether (sulfide) groups is 1. The number of carbonyl (C=O) groups excluding carboxylic acids is 2. The van der Waals surface area contributed by atoms with Gasteiger partial charge in [-0.25, -0.2) is 4.79 Å². The molecular formula is C26H49N3O9S2. The summed E-state index contributed by atoms with van der Waals surface area (Å²) in [5.41, 5.74) is 0. The number of unbranched alkanes of at least 4 members (excludes halogenated alkanes) is 1. The van der Waals surface area contributed by atoms with Gasteiger partial charge in [0.05, 0.1) is 105 Å². The van der Waals surface area contributed by atoms with E-state index in [4.69, 9.17) is 33.2 Å². The molecular weight excluding hydrogens is 562 g/mol. The standard InChI is InChI=1S/C26H49N3O9S2/c30-24(4-2-1-3-23-25-22(21-40-23)28-26(31)29-25)27-5-6-32-7-8-33-9-10-34-11-12-35-13-14-36-15-16-37-17-18-38-19-20-39/h22-23,25,39H,1-21H2,(H,27,30)(H2,28,29,31). The molecule has 14 heteroatoms. The van der Waals surface area contributed by atoms with Crippen molar-refractivity contribution < 1.29 is 42.7 Å². The van der Waals surface area contributed by atoms with Crippen LogP contribution >= 0.6 is 24.4 Å². The SMILES string of the molecule is O=C(CCCCC1SCC2NC(=O)NC21)NCCOCCOCCOCCOCCOCCOCCOCCS. The Balaban J connectivity index is 1.21.